The lowest BCUT2D eigenvalue weighted by molar-refractivity contribution is -0.143. The van der Waals surface area contributed by atoms with Gasteiger partial charge in [-0.15, -0.1) is 0 Å². The Labute approximate surface area is 184 Å². The van der Waals surface area contributed by atoms with Crippen molar-refractivity contribution < 1.29 is 39.3 Å². The molecule has 0 bridgehead atoms. The van der Waals surface area contributed by atoms with E-state index in [4.69, 9.17) is 21.7 Å². The highest BCUT2D eigenvalue weighted by Gasteiger charge is 2.29. The normalized spacial score (nSPS) is 14.6. The van der Waals surface area contributed by atoms with E-state index in [1.807, 2.05) is 0 Å². The smallest absolute Gasteiger partial charge is 0.326 e. The van der Waals surface area contributed by atoms with Crippen LogP contribution in [-0.2, 0) is 24.0 Å². The van der Waals surface area contributed by atoms with E-state index in [0.29, 0.717) is 25.8 Å². The minimum atomic E-state index is -1.53. The summed E-state index contributed by atoms with van der Waals surface area (Å²) in [6.07, 6.45) is 0.780. The Balaban J connectivity index is 4.91. The summed E-state index contributed by atoms with van der Waals surface area (Å²) in [5.74, 6) is -5.33. The third kappa shape index (κ3) is 11.5. The maximum Gasteiger partial charge on any atom is 0.326 e. The first-order valence-corrected chi connectivity index (χ1v) is 10.2. The van der Waals surface area contributed by atoms with E-state index in [2.05, 4.69) is 28.6 Å². The highest BCUT2D eigenvalue weighted by atomic mass is 32.1. The fourth-order valence-electron chi connectivity index (χ4n) is 2.38. The number of aliphatic hydroxyl groups excluding tert-OH is 1. The second-order valence-corrected chi connectivity index (χ2v) is 7.08. The van der Waals surface area contributed by atoms with E-state index < -0.39 is 66.9 Å². The van der Waals surface area contributed by atoms with Crippen LogP contribution in [0.4, 0.5) is 0 Å². The van der Waals surface area contributed by atoms with Gasteiger partial charge in [0.2, 0.25) is 17.7 Å². The summed E-state index contributed by atoms with van der Waals surface area (Å²) >= 11 is 3.99. The van der Waals surface area contributed by atoms with E-state index in [0.717, 1.165) is 0 Å². The molecule has 4 atom stereocenters. The summed E-state index contributed by atoms with van der Waals surface area (Å²) in [5, 5.41) is 33.8. The van der Waals surface area contributed by atoms with Gasteiger partial charge in [-0.05, 0) is 25.8 Å². The van der Waals surface area contributed by atoms with Crippen LogP contribution in [0.15, 0.2) is 0 Å². The van der Waals surface area contributed by atoms with Gasteiger partial charge in [0.15, 0.2) is 0 Å². The number of hydrogen-bond donors (Lipinski definition) is 9. The van der Waals surface area contributed by atoms with Crippen molar-refractivity contribution in [2.75, 3.05) is 18.9 Å². The lowest BCUT2D eigenvalue weighted by atomic mass is 10.1. The Morgan fingerprint density at radius 3 is 1.87 bits per heavy atom. The van der Waals surface area contributed by atoms with Crippen LogP contribution in [-0.4, -0.2) is 88.1 Å². The van der Waals surface area contributed by atoms with Gasteiger partial charge in [-0.3, -0.25) is 19.2 Å². The molecule has 13 nitrogen and oxygen atoms in total. The Hall–Kier alpha value is -2.42. The van der Waals surface area contributed by atoms with Crippen LogP contribution in [0.2, 0.25) is 0 Å². The van der Waals surface area contributed by atoms with Crippen LogP contribution in [0.5, 0.6) is 0 Å². The first-order chi connectivity index (χ1) is 14.6. The maximum absolute atomic E-state index is 12.4. The molecule has 0 spiro atoms. The SMILES string of the molecule is NCCCCC(N)C(=O)NC(CS)C(=O)NC(CO)C(=O)NC(CCC(=O)O)C(=O)O. The Bertz CT molecular complexity index is 636. The van der Waals surface area contributed by atoms with E-state index in [9.17, 15) is 29.1 Å². The number of hydrogen-bond acceptors (Lipinski definition) is 9. The third-order valence-corrected chi connectivity index (χ3v) is 4.56. The second-order valence-electron chi connectivity index (χ2n) is 6.71. The average molecular weight is 466 g/mol. The molecular weight excluding hydrogens is 434 g/mol. The van der Waals surface area contributed by atoms with Gasteiger partial charge in [-0.1, -0.05) is 6.42 Å². The summed E-state index contributed by atoms with van der Waals surface area (Å²) in [5.41, 5.74) is 11.1. The van der Waals surface area contributed by atoms with Crippen molar-refractivity contribution in [3.8, 4) is 0 Å². The minimum Gasteiger partial charge on any atom is -0.481 e. The van der Waals surface area contributed by atoms with Crippen molar-refractivity contribution in [1.82, 2.24) is 16.0 Å². The zero-order chi connectivity index (χ0) is 24.0. The molecule has 14 heteroatoms. The molecule has 31 heavy (non-hydrogen) atoms. The van der Waals surface area contributed by atoms with Crippen LogP contribution in [0, 0.1) is 0 Å². The molecule has 3 amide bonds. The number of unbranched alkanes of at least 4 members (excludes halogenated alkanes) is 1. The molecule has 0 saturated carbocycles. The van der Waals surface area contributed by atoms with Gasteiger partial charge < -0.3 is 42.7 Å². The molecular formula is C17H31N5O8S. The van der Waals surface area contributed by atoms with Crippen LogP contribution in [0.1, 0.15) is 32.1 Å². The van der Waals surface area contributed by atoms with Gasteiger partial charge in [0.05, 0.1) is 12.6 Å². The summed E-state index contributed by atoms with van der Waals surface area (Å²) in [6, 6.07) is -5.09. The number of thiol groups is 1. The molecule has 0 rings (SSSR count). The lowest BCUT2D eigenvalue weighted by Crippen LogP contribution is -2.58. The van der Waals surface area contributed by atoms with Gasteiger partial charge in [-0.2, -0.15) is 12.6 Å². The summed E-state index contributed by atoms with van der Waals surface area (Å²) in [7, 11) is 0. The standard InChI is InChI=1S/C17H31N5O8S/c18-6-2-1-3-9(19)14(26)22-12(8-31)16(28)21-11(7-23)15(27)20-10(17(29)30)4-5-13(24)25/h9-12,23,31H,1-8,18-19H2,(H,20,27)(H,21,28)(H,22,26)(H,24,25)(H,29,30). The number of aliphatic hydroxyl groups is 1. The topological polar surface area (TPSA) is 234 Å². The van der Waals surface area contributed by atoms with Crippen LogP contribution in [0.3, 0.4) is 0 Å². The molecule has 0 aromatic rings. The monoisotopic (exact) mass is 465 g/mol. The first-order valence-electron chi connectivity index (χ1n) is 9.60. The van der Waals surface area contributed by atoms with Crippen molar-refractivity contribution in [2.45, 2.75) is 56.3 Å². The molecule has 0 heterocycles. The summed E-state index contributed by atoms with van der Waals surface area (Å²) in [4.78, 5) is 58.5. The first kappa shape index (κ1) is 28.6. The lowest BCUT2D eigenvalue weighted by Gasteiger charge is -2.23. The maximum atomic E-state index is 12.4. The largest absolute Gasteiger partial charge is 0.481 e. The number of amides is 3. The predicted molar refractivity (Wildman–Crippen MR) is 112 cm³/mol. The van der Waals surface area contributed by atoms with E-state index in [1.54, 1.807) is 0 Å². The minimum absolute atomic E-state index is 0.136. The molecule has 0 fully saturated rings. The summed E-state index contributed by atoms with van der Waals surface area (Å²) < 4.78 is 0. The fraction of sp³-hybridized carbons (Fsp3) is 0.706. The van der Waals surface area contributed by atoms with Gasteiger partial charge in [0.25, 0.3) is 0 Å². The molecule has 0 radical (unpaired) electrons. The van der Waals surface area contributed by atoms with Crippen molar-refractivity contribution >= 4 is 42.3 Å². The Morgan fingerprint density at radius 1 is 0.839 bits per heavy atom. The van der Waals surface area contributed by atoms with Gasteiger partial charge in [-0.25, -0.2) is 4.79 Å². The van der Waals surface area contributed by atoms with E-state index in [1.165, 1.54) is 0 Å². The molecule has 0 aliphatic heterocycles. The van der Waals surface area contributed by atoms with Gasteiger partial charge in [0.1, 0.15) is 18.1 Å². The van der Waals surface area contributed by atoms with Crippen LogP contribution >= 0.6 is 12.6 Å². The highest BCUT2D eigenvalue weighted by Crippen LogP contribution is 2.01. The van der Waals surface area contributed by atoms with E-state index >= 15 is 0 Å². The third-order valence-electron chi connectivity index (χ3n) is 4.20. The van der Waals surface area contributed by atoms with Crippen molar-refractivity contribution in [3.63, 3.8) is 0 Å². The zero-order valence-electron chi connectivity index (χ0n) is 17.0. The highest BCUT2D eigenvalue weighted by molar-refractivity contribution is 7.80. The van der Waals surface area contributed by atoms with Crippen molar-refractivity contribution in [3.05, 3.63) is 0 Å². The summed E-state index contributed by atoms with van der Waals surface area (Å²) in [6.45, 7) is -0.408. The number of aliphatic carboxylic acids is 2. The Kier molecular flexibility index (Phi) is 14.2. The molecule has 10 N–H and O–H groups in total. The quantitative estimate of drug-likeness (QED) is 0.0816. The second kappa shape index (κ2) is 15.4. The number of nitrogens with one attached hydrogen (secondary N) is 3. The molecule has 0 aromatic carbocycles. The number of nitrogens with two attached hydrogens (primary N) is 2. The van der Waals surface area contributed by atoms with Crippen LogP contribution < -0.4 is 27.4 Å². The fourth-order valence-corrected chi connectivity index (χ4v) is 2.63. The Morgan fingerprint density at radius 2 is 1.39 bits per heavy atom. The molecule has 0 aromatic heterocycles. The number of carboxylic acid groups (broad SMARTS) is 2. The van der Waals surface area contributed by atoms with Crippen molar-refractivity contribution in [2.24, 2.45) is 11.5 Å². The van der Waals surface area contributed by atoms with Crippen LogP contribution in [0.25, 0.3) is 0 Å². The zero-order valence-corrected chi connectivity index (χ0v) is 17.8. The van der Waals surface area contributed by atoms with Gasteiger partial charge >= 0.3 is 11.9 Å². The molecule has 0 saturated heterocycles. The van der Waals surface area contributed by atoms with Gasteiger partial charge in [0, 0.05) is 12.2 Å². The predicted octanol–water partition coefficient (Wildman–Crippen LogP) is -3.23. The van der Waals surface area contributed by atoms with Crippen molar-refractivity contribution in [1.29, 1.82) is 0 Å². The molecule has 0 aliphatic rings. The number of carbonyl (C=O) groups excluding carboxylic acids is 3. The number of rotatable bonds is 16. The molecule has 4 unspecified atom stereocenters. The molecule has 178 valence electrons. The number of carbonyl (C=O) groups is 5. The van der Waals surface area contributed by atoms with E-state index in [-0.39, 0.29) is 12.2 Å². The molecule has 0 aliphatic carbocycles. The average Bonchev–Trinajstić information content (AvgIpc) is 2.72. The number of carboxylic acids is 2.